The largest absolute Gasteiger partial charge is 0.496 e. The Hall–Kier alpha value is -2.88. The van der Waals surface area contributed by atoms with Crippen molar-refractivity contribution in [3.8, 4) is 5.75 Å². The number of carbonyl (C=O) groups excluding carboxylic acids is 2. The molecule has 28 heavy (non-hydrogen) atoms. The highest BCUT2D eigenvalue weighted by Crippen LogP contribution is 2.27. The molecule has 1 heterocycles. The monoisotopic (exact) mass is 406 g/mol. The summed E-state index contributed by atoms with van der Waals surface area (Å²) < 4.78 is 5.32. The fraction of sp³-hybridized carbons (Fsp3) is 0.389. The molecule has 1 fully saturated rings. The van der Waals surface area contributed by atoms with Crippen LogP contribution < -0.4 is 15.4 Å². The minimum atomic E-state index is -1.06. The first kappa shape index (κ1) is 21.4. The maximum absolute atomic E-state index is 12.3. The minimum Gasteiger partial charge on any atom is -0.496 e. The number of nitrogens with zero attached hydrogens (tertiary/aromatic N) is 2. The minimum absolute atomic E-state index is 0.170. The number of ether oxygens (including phenoxy) is 1. The molecule has 150 valence electrons. The molecule has 0 aromatic heterocycles. The molecule has 0 bridgehead atoms. The van der Waals surface area contributed by atoms with Gasteiger partial charge in [-0.1, -0.05) is 38.6 Å². The van der Waals surface area contributed by atoms with Gasteiger partial charge in [-0.05, 0) is 12.1 Å². The Morgan fingerprint density at radius 3 is 2.71 bits per heavy atom. The lowest BCUT2D eigenvalue weighted by Gasteiger charge is -2.19. The predicted molar refractivity (Wildman–Crippen MR) is 108 cm³/mol. The van der Waals surface area contributed by atoms with Crippen LogP contribution >= 0.6 is 11.8 Å². The van der Waals surface area contributed by atoms with Gasteiger partial charge in [0.25, 0.3) is 0 Å². The lowest BCUT2D eigenvalue weighted by Crippen LogP contribution is -2.28. The summed E-state index contributed by atoms with van der Waals surface area (Å²) in [5, 5.41) is 21.5. The summed E-state index contributed by atoms with van der Waals surface area (Å²) in [5.41, 5.74) is 0.445. The average molecular weight is 406 g/mol. The van der Waals surface area contributed by atoms with Crippen molar-refractivity contribution in [2.24, 2.45) is 15.6 Å². The number of carbonyl (C=O) groups is 3. The number of hydrogen-bond acceptors (Lipinski definition) is 7. The van der Waals surface area contributed by atoms with Crippen LogP contribution in [0, 0.1) is 5.41 Å². The van der Waals surface area contributed by atoms with Crippen molar-refractivity contribution in [1.82, 2.24) is 5.32 Å². The number of carboxylic acids is 1. The highest BCUT2D eigenvalue weighted by Gasteiger charge is 2.32. The van der Waals surface area contributed by atoms with Gasteiger partial charge in [0.05, 0.1) is 31.0 Å². The predicted octanol–water partition coefficient (Wildman–Crippen LogP) is 2.08. The van der Waals surface area contributed by atoms with Gasteiger partial charge >= 0.3 is 5.97 Å². The summed E-state index contributed by atoms with van der Waals surface area (Å²) in [6.07, 6.45) is 1.11. The first-order valence-electron chi connectivity index (χ1n) is 8.40. The van der Waals surface area contributed by atoms with Crippen LogP contribution in [-0.4, -0.2) is 46.6 Å². The molecule has 1 unspecified atom stereocenters. The van der Waals surface area contributed by atoms with Gasteiger partial charge in [-0.3, -0.25) is 14.4 Å². The topological polar surface area (TPSA) is 129 Å². The number of anilines is 1. The van der Waals surface area contributed by atoms with Crippen LogP contribution in [0.1, 0.15) is 32.8 Å². The second kappa shape index (κ2) is 8.87. The molecule has 10 heteroatoms. The lowest BCUT2D eigenvalue weighted by atomic mass is 9.95. The van der Waals surface area contributed by atoms with Gasteiger partial charge in [0.2, 0.25) is 11.8 Å². The van der Waals surface area contributed by atoms with Gasteiger partial charge in [0.15, 0.2) is 5.17 Å². The van der Waals surface area contributed by atoms with E-state index in [-0.39, 0.29) is 17.5 Å². The Morgan fingerprint density at radius 2 is 2.11 bits per heavy atom. The Balaban J connectivity index is 2.22. The van der Waals surface area contributed by atoms with Crippen LogP contribution in [0.3, 0.4) is 0 Å². The molecule has 1 aliphatic heterocycles. The molecule has 1 aromatic rings. The molecule has 1 atom stereocenters. The van der Waals surface area contributed by atoms with Crippen molar-refractivity contribution in [2.45, 2.75) is 32.4 Å². The molecule has 1 saturated heterocycles. The van der Waals surface area contributed by atoms with Crippen LogP contribution in [0.25, 0.3) is 0 Å². The molecule has 1 aliphatic rings. The van der Waals surface area contributed by atoms with Crippen LogP contribution in [0.4, 0.5) is 5.69 Å². The summed E-state index contributed by atoms with van der Waals surface area (Å²) in [6, 6.07) is 5.18. The van der Waals surface area contributed by atoms with Crippen LogP contribution in [0.15, 0.2) is 28.4 Å². The van der Waals surface area contributed by atoms with Gasteiger partial charge in [-0.15, -0.1) is 5.10 Å². The van der Waals surface area contributed by atoms with Crippen LogP contribution in [0.5, 0.6) is 5.75 Å². The van der Waals surface area contributed by atoms with E-state index >= 15 is 0 Å². The van der Waals surface area contributed by atoms with E-state index in [0.29, 0.717) is 17.0 Å². The molecule has 0 aliphatic carbocycles. The Kier molecular flexibility index (Phi) is 6.79. The standard InChI is InChI=1S/C18H22N4O5S/c1-18(2,3)16(26)20-11-6-5-7-12(27-4)10(11)9-19-22-17-21-15(25)13(28-17)8-14(23)24/h5-7,9,13H,8H2,1-4H3,(H,20,26)(H,23,24)(H,21,22,25). The van der Waals surface area contributed by atoms with Gasteiger partial charge in [0.1, 0.15) is 11.0 Å². The van der Waals surface area contributed by atoms with Crippen molar-refractivity contribution in [1.29, 1.82) is 0 Å². The highest BCUT2D eigenvalue weighted by atomic mass is 32.2. The molecule has 2 amide bonds. The molecule has 0 spiro atoms. The number of benzene rings is 1. The summed E-state index contributed by atoms with van der Waals surface area (Å²) >= 11 is 1.00. The number of amidine groups is 1. The number of rotatable bonds is 6. The lowest BCUT2D eigenvalue weighted by molar-refractivity contribution is -0.138. The second-order valence-corrected chi connectivity index (χ2v) is 8.16. The van der Waals surface area contributed by atoms with E-state index in [1.165, 1.54) is 13.3 Å². The zero-order chi connectivity index (χ0) is 20.9. The molecule has 3 N–H and O–H groups in total. The van der Waals surface area contributed by atoms with Gasteiger partial charge in [0, 0.05) is 5.41 Å². The number of thioether (sulfide) groups is 1. The van der Waals surface area contributed by atoms with Gasteiger partial charge < -0.3 is 20.5 Å². The molecule has 0 radical (unpaired) electrons. The maximum atomic E-state index is 12.3. The van der Waals surface area contributed by atoms with Crippen molar-refractivity contribution in [3.63, 3.8) is 0 Å². The van der Waals surface area contributed by atoms with Crippen LogP contribution in [0.2, 0.25) is 0 Å². The third-order valence-corrected chi connectivity index (χ3v) is 4.76. The molecule has 0 saturated carbocycles. The summed E-state index contributed by atoms with van der Waals surface area (Å²) in [7, 11) is 1.50. The van der Waals surface area contributed by atoms with Gasteiger partial charge in [-0.2, -0.15) is 5.10 Å². The Bertz CT molecular complexity index is 845. The Morgan fingerprint density at radius 1 is 1.39 bits per heavy atom. The molecular formula is C18H22N4O5S. The van der Waals surface area contributed by atoms with Crippen molar-refractivity contribution < 1.29 is 24.2 Å². The maximum Gasteiger partial charge on any atom is 0.305 e. The molecule has 2 rings (SSSR count). The van der Waals surface area contributed by atoms with E-state index in [4.69, 9.17) is 9.84 Å². The van der Waals surface area contributed by atoms with E-state index in [0.717, 1.165) is 11.8 Å². The zero-order valence-corrected chi connectivity index (χ0v) is 16.8. The average Bonchev–Trinajstić information content (AvgIpc) is 2.94. The Labute approximate surface area is 166 Å². The van der Waals surface area contributed by atoms with Crippen LogP contribution in [-0.2, 0) is 14.4 Å². The first-order chi connectivity index (χ1) is 13.1. The number of hydrogen-bond donors (Lipinski definition) is 3. The fourth-order valence-corrected chi connectivity index (χ4v) is 3.07. The normalized spacial score (nSPS) is 18.4. The summed E-state index contributed by atoms with van der Waals surface area (Å²) in [5.74, 6) is -1.17. The quantitative estimate of drug-likeness (QED) is 0.490. The zero-order valence-electron chi connectivity index (χ0n) is 16.0. The SMILES string of the molecule is COc1cccc(NC(=O)C(C)(C)C)c1C=NN=C1NC(=O)C(CC(=O)O)S1. The third kappa shape index (κ3) is 5.56. The van der Waals surface area contributed by atoms with Crippen molar-refractivity contribution in [2.75, 3.05) is 12.4 Å². The second-order valence-electron chi connectivity index (χ2n) is 6.97. The van der Waals surface area contributed by atoms with E-state index in [1.54, 1.807) is 39.0 Å². The molecule has 9 nitrogen and oxygen atoms in total. The third-order valence-electron chi connectivity index (χ3n) is 3.69. The number of carboxylic acid groups (broad SMARTS) is 1. The summed E-state index contributed by atoms with van der Waals surface area (Å²) in [6.45, 7) is 5.40. The molecular weight excluding hydrogens is 384 g/mol. The summed E-state index contributed by atoms with van der Waals surface area (Å²) in [4.78, 5) is 34.8. The highest BCUT2D eigenvalue weighted by molar-refractivity contribution is 8.15. The number of amides is 2. The number of aliphatic carboxylic acids is 1. The van der Waals surface area contributed by atoms with E-state index < -0.39 is 22.5 Å². The number of methoxy groups -OCH3 is 1. The van der Waals surface area contributed by atoms with E-state index in [9.17, 15) is 14.4 Å². The number of nitrogens with one attached hydrogen (secondary N) is 2. The smallest absolute Gasteiger partial charge is 0.305 e. The van der Waals surface area contributed by atoms with Crippen molar-refractivity contribution >= 4 is 46.6 Å². The van der Waals surface area contributed by atoms with E-state index in [2.05, 4.69) is 20.8 Å². The van der Waals surface area contributed by atoms with E-state index in [1.807, 2.05) is 0 Å². The van der Waals surface area contributed by atoms with Gasteiger partial charge in [-0.25, -0.2) is 0 Å². The first-order valence-corrected chi connectivity index (χ1v) is 9.28. The molecule has 1 aromatic carbocycles. The fourth-order valence-electron chi connectivity index (χ4n) is 2.16. The van der Waals surface area contributed by atoms with Crippen molar-refractivity contribution in [3.05, 3.63) is 23.8 Å².